The molecule has 5 aromatic carbocycles. The summed E-state index contributed by atoms with van der Waals surface area (Å²) in [6.45, 7) is 12.8. The molecule has 6 atom stereocenters. The number of nitro groups is 1. The zero-order valence-electron chi connectivity index (χ0n) is 52.2. The molecule has 5 aromatic rings. The van der Waals surface area contributed by atoms with Gasteiger partial charge in [0.25, 0.3) is 5.69 Å². The van der Waals surface area contributed by atoms with Crippen LogP contribution in [0.15, 0.2) is 143 Å². The minimum Gasteiger partial charge on any atom is -0.444 e. The molecule has 3 aliphatic heterocycles. The normalized spacial score (nSPS) is 17.5. The van der Waals surface area contributed by atoms with Gasteiger partial charge < -0.3 is 59.3 Å². The van der Waals surface area contributed by atoms with Gasteiger partial charge in [-0.1, -0.05) is 106 Å². The Hall–Kier alpha value is -7.92. The van der Waals surface area contributed by atoms with Crippen molar-refractivity contribution in [3.8, 4) is 5.75 Å². The molecule has 0 spiro atoms. The third kappa shape index (κ3) is 22.2. The van der Waals surface area contributed by atoms with Crippen LogP contribution >= 0.6 is 0 Å². The van der Waals surface area contributed by atoms with Gasteiger partial charge in [-0.3, -0.25) is 10.1 Å². The Labute approximate surface area is 532 Å². The second kappa shape index (κ2) is 33.9. The number of nitrogens with one attached hydrogen (secondary N) is 2. The number of carbonyl (C=O) groups is 4. The van der Waals surface area contributed by atoms with Crippen LogP contribution in [0.25, 0.3) is 0 Å². The number of ether oxygens (including phenoxy) is 7. The lowest BCUT2D eigenvalue weighted by molar-refractivity contribution is -0.384. The van der Waals surface area contributed by atoms with Crippen LogP contribution in [0.2, 0.25) is 0 Å². The first-order chi connectivity index (χ1) is 43.4. The van der Waals surface area contributed by atoms with Gasteiger partial charge in [-0.25, -0.2) is 36.0 Å². The quantitative estimate of drug-likeness (QED) is 0.0118. The van der Waals surface area contributed by atoms with E-state index in [0.717, 1.165) is 45.3 Å². The molecular formula is C64H84N8O17S2. The monoisotopic (exact) mass is 1300 g/mol. The largest absolute Gasteiger partial charge is 0.514 e. The Balaban J connectivity index is 0.000000259. The van der Waals surface area contributed by atoms with Crippen LogP contribution in [-0.4, -0.2) is 187 Å². The van der Waals surface area contributed by atoms with E-state index >= 15 is 0 Å². The summed E-state index contributed by atoms with van der Waals surface area (Å²) in [5.41, 5.74) is 8.60. The molecule has 0 radical (unpaired) electrons. The van der Waals surface area contributed by atoms with Crippen LogP contribution in [0.4, 0.5) is 30.6 Å². The van der Waals surface area contributed by atoms with Gasteiger partial charge >= 0.3 is 24.4 Å². The molecule has 3 aliphatic rings. The lowest BCUT2D eigenvalue weighted by Gasteiger charge is -2.36. The van der Waals surface area contributed by atoms with Crippen LogP contribution < -0.4 is 21.1 Å². The summed E-state index contributed by atoms with van der Waals surface area (Å²) < 4.78 is 97.6. The predicted octanol–water partition coefficient (Wildman–Crippen LogP) is 8.06. The summed E-state index contributed by atoms with van der Waals surface area (Å²) in [5.74, 6) is 0.00125. The number of hydrogen-bond donors (Lipinski definition) is 3. The number of hydrogen-bond acceptors (Lipinski definition) is 19. The van der Waals surface area contributed by atoms with Crippen molar-refractivity contribution in [3.63, 3.8) is 0 Å². The van der Waals surface area contributed by atoms with Crippen molar-refractivity contribution in [1.29, 1.82) is 0 Å². The second-order valence-corrected chi connectivity index (χ2v) is 27.3. The van der Waals surface area contributed by atoms with E-state index in [9.17, 15) is 46.1 Å². The van der Waals surface area contributed by atoms with E-state index < -0.39 is 79.8 Å². The fraction of sp³-hybridized carbons (Fsp3) is 0.469. The van der Waals surface area contributed by atoms with E-state index in [1.165, 1.54) is 28.6 Å². The zero-order chi connectivity index (χ0) is 65.7. The summed E-state index contributed by atoms with van der Waals surface area (Å²) >= 11 is 0. The van der Waals surface area contributed by atoms with Crippen LogP contribution in [0.5, 0.6) is 5.75 Å². The van der Waals surface area contributed by atoms with Gasteiger partial charge in [0.15, 0.2) is 0 Å². The summed E-state index contributed by atoms with van der Waals surface area (Å²) in [5, 5.41) is 16.9. The second-order valence-electron chi connectivity index (χ2n) is 23.4. The van der Waals surface area contributed by atoms with Crippen molar-refractivity contribution >= 4 is 55.9 Å². The standard InChI is InChI=1S/C33H39N3O10S.C31H45N5O7S/c1-23(2)20-35(47(41,42)29-15-11-26(12-16-29)36(39)40)21-31(46-33(38)45-27-13-9-24(3)10-14-27)30(19-25-7-5-4-6-8-25)34-32(37)44-28-17-18-43-22-28;1-23(2)20-36(44(39,40)27-11-9-25(32)10-12-27)21-29(43-31(38)35-16-14-34(3)15-17-35)28(19-24-7-5-4-6-8-24)33-30(37)42-26-13-18-41-22-26/h4-16,23,28,30-31H,17-22H2,1-3H3,(H,34,37);4-12,23,26,28-29H,13-22,32H2,1-3H3,(H,33,37)/t28?,30-,31?;26?,28-,29?/m00/s1. The first kappa shape index (κ1) is 70.5. The van der Waals surface area contributed by atoms with Gasteiger partial charge in [-0.15, -0.1) is 0 Å². The number of nitrogens with two attached hydrogens (primary N) is 1. The van der Waals surface area contributed by atoms with E-state index in [1.807, 2.05) is 102 Å². The lowest BCUT2D eigenvalue weighted by Crippen LogP contribution is -2.55. The summed E-state index contributed by atoms with van der Waals surface area (Å²) in [6, 6.07) is 34.0. The Morgan fingerprint density at radius 3 is 1.48 bits per heavy atom. The molecule has 4 unspecified atom stereocenters. The predicted molar refractivity (Wildman–Crippen MR) is 338 cm³/mol. The average Bonchev–Trinajstić information content (AvgIpc) is 1.04. The highest BCUT2D eigenvalue weighted by molar-refractivity contribution is 7.89. The number of benzene rings is 5. The molecule has 91 heavy (non-hydrogen) atoms. The number of piperazine rings is 1. The third-order valence-electron chi connectivity index (χ3n) is 15.0. The number of carbonyl (C=O) groups excluding carboxylic acids is 4. The maximum absolute atomic E-state index is 14.0. The minimum absolute atomic E-state index is 0.00804. The fourth-order valence-electron chi connectivity index (χ4n) is 10.1. The number of alkyl carbamates (subject to hydrolysis) is 2. The Morgan fingerprint density at radius 2 is 1.07 bits per heavy atom. The molecule has 3 saturated heterocycles. The molecule has 0 bridgehead atoms. The van der Waals surface area contributed by atoms with Crippen LogP contribution in [-0.2, 0) is 61.3 Å². The number of likely N-dealkylation sites (N-methyl/N-ethyl adjacent to an activating group) is 1. The maximum atomic E-state index is 14.0. The van der Waals surface area contributed by atoms with E-state index in [4.69, 9.17) is 38.9 Å². The lowest BCUT2D eigenvalue weighted by atomic mass is 10.0. The number of non-ortho nitro benzene ring substituents is 1. The Bertz CT molecular complexity index is 3350. The van der Waals surface area contributed by atoms with Crippen molar-refractivity contribution in [1.82, 2.24) is 29.0 Å². The first-order valence-electron chi connectivity index (χ1n) is 30.3. The van der Waals surface area contributed by atoms with E-state index in [-0.39, 0.29) is 84.8 Å². The number of sulfonamides is 2. The van der Waals surface area contributed by atoms with E-state index in [2.05, 4.69) is 15.5 Å². The van der Waals surface area contributed by atoms with Gasteiger partial charge in [0, 0.05) is 69.9 Å². The molecule has 3 fully saturated rings. The van der Waals surface area contributed by atoms with Gasteiger partial charge in [0.1, 0.15) is 30.2 Å². The molecule has 0 saturated carbocycles. The third-order valence-corrected chi connectivity index (χ3v) is 18.7. The van der Waals surface area contributed by atoms with Crippen LogP contribution in [0, 0.1) is 28.9 Å². The number of nitro benzene ring substituents is 1. The number of nitrogens with zero attached hydrogens (tertiary/aromatic N) is 5. The first-order valence-corrected chi connectivity index (χ1v) is 33.2. The molecule has 0 aromatic heterocycles. The smallest absolute Gasteiger partial charge is 0.444 e. The number of nitrogen functional groups attached to an aromatic ring is 1. The van der Waals surface area contributed by atoms with Crippen molar-refractivity contribution in [3.05, 3.63) is 160 Å². The molecule has 0 aliphatic carbocycles. The van der Waals surface area contributed by atoms with E-state index in [1.54, 1.807) is 29.2 Å². The molecule has 494 valence electrons. The number of anilines is 1. The van der Waals surface area contributed by atoms with Crippen molar-refractivity contribution < 1.29 is 74.1 Å². The van der Waals surface area contributed by atoms with Crippen molar-refractivity contribution in [2.45, 2.75) is 107 Å². The zero-order valence-corrected chi connectivity index (χ0v) is 53.8. The Morgan fingerprint density at radius 1 is 0.626 bits per heavy atom. The summed E-state index contributed by atoms with van der Waals surface area (Å²) in [6.07, 6.45) is -4.76. The molecule has 25 nitrogen and oxygen atoms in total. The van der Waals surface area contributed by atoms with Crippen molar-refractivity contribution in [2.24, 2.45) is 11.8 Å². The molecule has 8 rings (SSSR count). The molecule has 4 N–H and O–H groups in total. The summed E-state index contributed by atoms with van der Waals surface area (Å²) in [7, 11) is -6.31. The highest BCUT2D eigenvalue weighted by Gasteiger charge is 2.39. The number of aryl methyl sites for hydroxylation is 1. The maximum Gasteiger partial charge on any atom is 0.514 e. The highest BCUT2D eigenvalue weighted by atomic mass is 32.2. The minimum atomic E-state index is -4.27. The molecule has 3 heterocycles. The fourth-order valence-corrected chi connectivity index (χ4v) is 13.4. The molecular weight excluding hydrogens is 1220 g/mol. The van der Waals surface area contributed by atoms with Crippen molar-refractivity contribution in [2.75, 3.05) is 91.6 Å². The van der Waals surface area contributed by atoms with Gasteiger partial charge in [0.2, 0.25) is 20.0 Å². The van der Waals surface area contributed by atoms with E-state index in [0.29, 0.717) is 64.5 Å². The Kier molecular flexibility index (Phi) is 26.3. The van der Waals surface area contributed by atoms with Gasteiger partial charge in [-0.05, 0) is 98.3 Å². The highest BCUT2D eigenvalue weighted by Crippen LogP contribution is 2.26. The summed E-state index contributed by atoms with van der Waals surface area (Å²) in [4.78, 5) is 67.2. The van der Waals surface area contributed by atoms with Gasteiger partial charge in [0.05, 0.1) is 66.3 Å². The van der Waals surface area contributed by atoms with Crippen LogP contribution in [0.1, 0.15) is 57.2 Å². The number of rotatable bonds is 26. The average molecular weight is 1300 g/mol. The van der Waals surface area contributed by atoms with Gasteiger partial charge in [-0.2, -0.15) is 8.61 Å². The SMILES string of the molecule is CC(C)CN(CC(OC(=O)N1CCN(C)CC1)[C@H](Cc1ccccc1)NC(=O)OC1CCOC1)S(=O)(=O)c1ccc(N)cc1.Cc1ccc(OC(=O)OC(CN(CC(C)C)S(=O)(=O)c2ccc([N+](=O)[O-])cc2)[C@H](Cc2ccccc2)NC(=O)OC2CCOC2)cc1. The molecule has 3 amide bonds. The van der Waals surface area contributed by atoms with Crippen LogP contribution in [0.3, 0.4) is 0 Å². The molecule has 27 heteroatoms. The number of amides is 3. The topological polar surface area (TPSA) is 307 Å².